The van der Waals surface area contributed by atoms with Gasteiger partial charge in [-0.2, -0.15) is 0 Å². The van der Waals surface area contributed by atoms with Crippen LogP contribution in [0, 0.1) is 6.92 Å². The molecular formula is C19H17ClN2O2S. The molecule has 0 atom stereocenters. The van der Waals surface area contributed by atoms with Crippen LogP contribution >= 0.6 is 22.9 Å². The Balaban J connectivity index is 1.77. The highest BCUT2D eigenvalue weighted by Crippen LogP contribution is 2.34. The number of benzene rings is 2. The van der Waals surface area contributed by atoms with Crippen molar-refractivity contribution in [2.75, 3.05) is 5.01 Å². The summed E-state index contributed by atoms with van der Waals surface area (Å²) in [6, 6.07) is 17.3. The van der Waals surface area contributed by atoms with Crippen molar-refractivity contribution in [3.05, 3.63) is 70.7 Å². The van der Waals surface area contributed by atoms with Gasteiger partial charge in [0.05, 0.1) is 5.69 Å². The lowest BCUT2D eigenvalue weighted by atomic mass is 10.1. The fourth-order valence-electron chi connectivity index (χ4n) is 2.48. The number of carbonyl (C=O) groups excluding carboxylic acids is 1. The van der Waals surface area contributed by atoms with Crippen LogP contribution in [0.5, 0.6) is 5.06 Å². The SMILES string of the molecule is Cc1cccc(N(N)C=O)c1COc1ccc(-c2ccc(Cl)cc2)s1. The standard InChI is InChI=1S/C19H17ClN2O2S/c1-13-3-2-4-17(22(21)12-23)16(13)11-24-19-10-9-18(25-19)14-5-7-15(20)8-6-14/h2-10,12H,11,21H2,1H3. The van der Waals surface area contributed by atoms with Gasteiger partial charge < -0.3 is 4.74 Å². The first-order valence-corrected chi connectivity index (χ1v) is 8.84. The van der Waals surface area contributed by atoms with Gasteiger partial charge in [-0.1, -0.05) is 47.2 Å². The van der Waals surface area contributed by atoms with Crippen LogP contribution in [0.1, 0.15) is 11.1 Å². The van der Waals surface area contributed by atoms with E-state index in [4.69, 9.17) is 22.2 Å². The van der Waals surface area contributed by atoms with Crippen molar-refractivity contribution in [3.63, 3.8) is 0 Å². The maximum atomic E-state index is 11.0. The minimum Gasteiger partial charge on any atom is -0.479 e. The number of nitrogens with two attached hydrogens (primary N) is 1. The Bertz CT molecular complexity index is 877. The highest BCUT2D eigenvalue weighted by molar-refractivity contribution is 7.17. The number of amides is 1. The summed E-state index contributed by atoms with van der Waals surface area (Å²) in [4.78, 5) is 12.1. The monoisotopic (exact) mass is 372 g/mol. The molecule has 0 aliphatic rings. The summed E-state index contributed by atoms with van der Waals surface area (Å²) >= 11 is 7.49. The number of carbonyl (C=O) groups is 1. The molecule has 0 aliphatic heterocycles. The fourth-order valence-corrected chi connectivity index (χ4v) is 3.47. The molecule has 25 heavy (non-hydrogen) atoms. The minimum atomic E-state index is 0.337. The van der Waals surface area contributed by atoms with Gasteiger partial charge >= 0.3 is 0 Å². The molecule has 0 fully saturated rings. The van der Waals surface area contributed by atoms with Crippen molar-refractivity contribution >= 4 is 35.0 Å². The molecule has 1 aromatic heterocycles. The van der Waals surface area contributed by atoms with Crippen molar-refractivity contribution in [1.82, 2.24) is 0 Å². The minimum absolute atomic E-state index is 0.337. The van der Waals surface area contributed by atoms with E-state index in [9.17, 15) is 4.79 Å². The van der Waals surface area contributed by atoms with Crippen LogP contribution in [0.3, 0.4) is 0 Å². The number of rotatable bonds is 6. The number of thiophene rings is 1. The number of aryl methyl sites for hydroxylation is 1. The third kappa shape index (κ3) is 4.02. The number of ether oxygens (including phenoxy) is 1. The van der Waals surface area contributed by atoms with Gasteiger partial charge in [0.25, 0.3) is 0 Å². The summed E-state index contributed by atoms with van der Waals surface area (Å²) < 4.78 is 5.93. The van der Waals surface area contributed by atoms with Crippen LogP contribution in [-0.4, -0.2) is 6.41 Å². The molecule has 6 heteroatoms. The van der Waals surface area contributed by atoms with Crippen molar-refractivity contribution in [3.8, 4) is 15.5 Å². The second-order valence-corrected chi connectivity index (χ2v) is 6.98. The Hall–Kier alpha value is -2.34. The molecule has 2 aromatic carbocycles. The smallest absolute Gasteiger partial charge is 0.228 e. The van der Waals surface area contributed by atoms with Crippen molar-refractivity contribution in [2.24, 2.45) is 5.84 Å². The molecule has 0 spiro atoms. The molecule has 0 saturated carbocycles. The summed E-state index contributed by atoms with van der Waals surface area (Å²) in [7, 11) is 0. The molecule has 3 rings (SSSR count). The Morgan fingerprint density at radius 3 is 2.64 bits per heavy atom. The summed E-state index contributed by atoms with van der Waals surface area (Å²) in [5.41, 5.74) is 3.64. The van der Waals surface area contributed by atoms with Gasteiger partial charge in [0.2, 0.25) is 6.41 Å². The van der Waals surface area contributed by atoms with Gasteiger partial charge in [-0.3, -0.25) is 9.80 Å². The Kier molecular flexibility index (Phi) is 5.38. The highest BCUT2D eigenvalue weighted by atomic mass is 35.5. The van der Waals surface area contributed by atoms with E-state index in [0.29, 0.717) is 23.7 Å². The van der Waals surface area contributed by atoms with E-state index >= 15 is 0 Å². The summed E-state index contributed by atoms with van der Waals surface area (Å²) in [5, 5.41) is 2.58. The molecule has 4 nitrogen and oxygen atoms in total. The van der Waals surface area contributed by atoms with Gasteiger partial charge in [0.1, 0.15) is 6.61 Å². The van der Waals surface area contributed by atoms with Crippen molar-refractivity contribution in [2.45, 2.75) is 13.5 Å². The molecule has 0 aliphatic carbocycles. The van der Waals surface area contributed by atoms with Crippen LogP contribution in [0.15, 0.2) is 54.6 Å². The molecule has 0 saturated heterocycles. The molecule has 0 bridgehead atoms. The van der Waals surface area contributed by atoms with E-state index in [1.165, 1.54) is 0 Å². The molecule has 128 valence electrons. The second kappa shape index (κ2) is 7.70. The van der Waals surface area contributed by atoms with Crippen LogP contribution in [-0.2, 0) is 11.4 Å². The molecule has 1 heterocycles. The van der Waals surface area contributed by atoms with E-state index in [2.05, 4.69) is 0 Å². The number of hydrazine groups is 1. The van der Waals surface area contributed by atoms with Crippen LogP contribution in [0.25, 0.3) is 10.4 Å². The lowest BCUT2D eigenvalue weighted by Gasteiger charge is -2.17. The number of halogens is 1. The molecular weight excluding hydrogens is 356 g/mol. The second-order valence-electron chi connectivity index (χ2n) is 5.50. The van der Waals surface area contributed by atoms with Gasteiger partial charge in [-0.05, 0) is 48.4 Å². The fraction of sp³-hybridized carbons (Fsp3) is 0.105. The molecule has 2 N–H and O–H groups in total. The number of nitrogens with zero attached hydrogens (tertiary/aromatic N) is 1. The largest absolute Gasteiger partial charge is 0.479 e. The van der Waals surface area contributed by atoms with Gasteiger partial charge in [0, 0.05) is 15.5 Å². The van der Waals surface area contributed by atoms with Crippen LogP contribution < -0.4 is 15.6 Å². The van der Waals surface area contributed by atoms with Gasteiger partial charge in [0.15, 0.2) is 5.06 Å². The summed E-state index contributed by atoms with van der Waals surface area (Å²) in [6.07, 6.45) is 0.585. The van der Waals surface area contributed by atoms with Gasteiger partial charge in [-0.15, -0.1) is 0 Å². The number of hydrogen-bond donors (Lipinski definition) is 1. The van der Waals surface area contributed by atoms with E-state index in [-0.39, 0.29) is 0 Å². The highest BCUT2D eigenvalue weighted by Gasteiger charge is 2.11. The molecule has 1 amide bonds. The maximum Gasteiger partial charge on any atom is 0.228 e. The van der Waals surface area contributed by atoms with E-state index in [1.54, 1.807) is 17.4 Å². The van der Waals surface area contributed by atoms with E-state index in [1.807, 2.05) is 55.5 Å². The van der Waals surface area contributed by atoms with Gasteiger partial charge in [-0.25, -0.2) is 5.84 Å². The van der Waals surface area contributed by atoms with Crippen LogP contribution in [0.4, 0.5) is 5.69 Å². The van der Waals surface area contributed by atoms with Crippen molar-refractivity contribution < 1.29 is 9.53 Å². The zero-order chi connectivity index (χ0) is 17.8. The predicted molar refractivity (Wildman–Crippen MR) is 103 cm³/mol. The topological polar surface area (TPSA) is 55.6 Å². The molecule has 0 unspecified atom stereocenters. The third-order valence-corrected chi connectivity index (χ3v) is 5.14. The van der Waals surface area contributed by atoms with Crippen molar-refractivity contribution in [1.29, 1.82) is 0 Å². The maximum absolute atomic E-state index is 11.0. The quantitative estimate of drug-likeness (QED) is 0.293. The number of hydrogen-bond acceptors (Lipinski definition) is 4. The lowest BCUT2D eigenvalue weighted by molar-refractivity contribution is -0.107. The first-order chi connectivity index (χ1) is 12.1. The normalized spacial score (nSPS) is 10.5. The van der Waals surface area contributed by atoms with E-state index in [0.717, 1.165) is 31.6 Å². The summed E-state index contributed by atoms with van der Waals surface area (Å²) in [5.74, 6) is 5.73. The first kappa shape index (κ1) is 17.5. The summed E-state index contributed by atoms with van der Waals surface area (Å²) in [6.45, 7) is 2.30. The predicted octanol–water partition coefficient (Wildman–Crippen LogP) is 4.79. The Morgan fingerprint density at radius 1 is 1.16 bits per heavy atom. The third-order valence-electron chi connectivity index (χ3n) is 3.85. The Morgan fingerprint density at radius 2 is 1.92 bits per heavy atom. The Labute approximate surface area is 155 Å². The van der Waals surface area contributed by atoms with E-state index < -0.39 is 0 Å². The average Bonchev–Trinajstić information content (AvgIpc) is 3.09. The first-order valence-electron chi connectivity index (χ1n) is 7.65. The lowest BCUT2D eigenvalue weighted by Crippen LogP contribution is -2.30. The van der Waals surface area contributed by atoms with Crippen LogP contribution in [0.2, 0.25) is 5.02 Å². The molecule has 0 radical (unpaired) electrons. The number of anilines is 1. The average molecular weight is 373 g/mol. The molecule has 3 aromatic rings. The zero-order valence-corrected chi connectivity index (χ0v) is 15.2. The zero-order valence-electron chi connectivity index (χ0n) is 13.6.